The molecule has 54 valence electrons. The van der Waals surface area contributed by atoms with Gasteiger partial charge >= 0.3 is 0 Å². The fraction of sp³-hybridized carbons (Fsp3) is 0.143. The highest BCUT2D eigenvalue weighted by atomic mass is 79.9. The summed E-state index contributed by atoms with van der Waals surface area (Å²) in [7, 11) is 0. The molecular formula is C7H5Br2F. The first-order valence-corrected chi connectivity index (χ1v) is 4.31. The molecule has 0 fully saturated rings. The molecule has 0 saturated carbocycles. The predicted molar refractivity (Wildman–Crippen MR) is 47.1 cm³/mol. The summed E-state index contributed by atoms with van der Waals surface area (Å²) >= 11 is 5.67. The van der Waals surface area contributed by atoms with Gasteiger partial charge in [0.25, 0.3) is 0 Å². The van der Waals surface area contributed by atoms with E-state index in [0.717, 1.165) is 0 Å². The first-order valence-electron chi connectivity index (χ1n) is 2.73. The van der Waals surface area contributed by atoms with Crippen LogP contribution in [0.3, 0.4) is 0 Å². The van der Waals surface area contributed by atoms with E-state index in [1.54, 1.807) is 24.3 Å². The Bertz CT molecular complexity index is 203. The van der Waals surface area contributed by atoms with Crippen molar-refractivity contribution >= 4 is 31.9 Å². The van der Waals surface area contributed by atoms with Crippen LogP contribution >= 0.6 is 31.9 Å². The molecule has 0 saturated heterocycles. The van der Waals surface area contributed by atoms with Crippen LogP contribution in [0.5, 0.6) is 0 Å². The Kier molecular flexibility index (Phi) is 2.47. The van der Waals surface area contributed by atoms with Gasteiger partial charge in [-0.3, -0.25) is 0 Å². The first kappa shape index (κ1) is 8.21. The van der Waals surface area contributed by atoms with Gasteiger partial charge < -0.3 is 0 Å². The number of rotatable bonds is 1. The van der Waals surface area contributed by atoms with Crippen molar-refractivity contribution in [3.63, 3.8) is 0 Å². The van der Waals surface area contributed by atoms with Gasteiger partial charge in [-0.15, -0.1) is 0 Å². The number of hydrogen-bond acceptors (Lipinski definition) is 0. The van der Waals surface area contributed by atoms with Crippen molar-refractivity contribution in [1.29, 1.82) is 0 Å². The van der Waals surface area contributed by atoms with E-state index in [0.29, 0.717) is 5.56 Å². The molecule has 10 heavy (non-hydrogen) atoms. The molecule has 0 radical (unpaired) electrons. The highest BCUT2D eigenvalue weighted by Gasteiger charge is 2.22. The van der Waals surface area contributed by atoms with Crippen LogP contribution in [0.15, 0.2) is 30.3 Å². The second kappa shape index (κ2) is 3.01. The summed E-state index contributed by atoms with van der Waals surface area (Å²) in [5.74, 6) is 0. The third kappa shape index (κ3) is 2.06. The van der Waals surface area contributed by atoms with Crippen molar-refractivity contribution < 1.29 is 4.39 Å². The summed E-state index contributed by atoms with van der Waals surface area (Å²) in [4.78, 5) is 0. The van der Waals surface area contributed by atoms with Gasteiger partial charge in [-0.05, 0) is 31.9 Å². The highest BCUT2D eigenvalue weighted by molar-refractivity contribution is 9.24. The molecule has 0 bridgehead atoms. The molecule has 0 aliphatic carbocycles. The lowest BCUT2D eigenvalue weighted by Crippen LogP contribution is -1.98. The summed E-state index contributed by atoms with van der Waals surface area (Å²) in [6.07, 6.45) is 0. The zero-order valence-electron chi connectivity index (χ0n) is 5.02. The van der Waals surface area contributed by atoms with Crippen molar-refractivity contribution in [2.75, 3.05) is 0 Å². The monoisotopic (exact) mass is 266 g/mol. The van der Waals surface area contributed by atoms with Crippen molar-refractivity contribution in [2.45, 2.75) is 3.49 Å². The third-order valence-corrected chi connectivity index (χ3v) is 2.02. The van der Waals surface area contributed by atoms with Crippen LogP contribution in [-0.2, 0) is 3.49 Å². The lowest BCUT2D eigenvalue weighted by molar-refractivity contribution is 0.444. The van der Waals surface area contributed by atoms with Crippen LogP contribution < -0.4 is 0 Å². The Labute approximate surface area is 75.7 Å². The molecule has 0 atom stereocenters. The van der Waals surface area contributed by atoms with E-state index in [4.69, 9.17) is 0 Å². The number of hydrogen-bond donors (Lipinski definition) is 0. The Hall–Kier alpha value is 0.110. The van der Waals surface area contributed by atoms with Gasteiger partial charge in [0.15, 0.2) is 0 Å². The quantitative estimate of drug-likeness (QED) is 0.683. The molecule has 0 aromatic heterocycles. The zero-order chi connectivity index (χ0) is 7.61. The molecule has 0 spiro atoms. The van der Waals surface area contributed by atoms with Crippen molar-refractivity contribution in [3.8, 4) is 0 Å². The summed E-state index contributed by atoms with van der Waals surface area (Å²) in [5.41, 5.74) is 0.565. The van der Waals surface area contributed by atoms with E-state index in [1.165, 1.54) is 0 Å². The zero-order valence-corrected chi connectivity index (χ0v) is 8.19. The third-order valence-electron chi connectivity index (χ3n) is 1.10. The lowest BCUT2D eigenvalue weighted by Gasteiger charge is -2.08. The molecule has 3 heteroatoms. The van der Waals surface area contributed by atoms with E-state index in [1.807, 2.05) is 6.07 Å². The van der Waals surface area contributed by atoms with Gasteiger partial charge in [0, 0.05) is 5.56 Å². The molecule has 0 nitrogen and oxygen atoms in total. The largest absolute Gasteiger partial charge is 0.244 e. The van der Waals surface area contributed by atoms with Crippen LogP contribution in [0, 0.1) is 0 Å². The molecule has 1 rings (SSSR count). The second-order valence-electron chi connectivity index (χ2n) is 1.86. The average Bonchev–Trinajstić information content (AvgIpc) is 1.88. The molecule has 1 aromatic rings. The molecule has 0 unspecified atom stereocenters. The minimum atomic E-state index is -1.58. The van der Waals surface area contributed by atoms with E-state index in [2.05, 4.69) is 31.9 Å². The molecular weight excluding hydrogens is 263 g/mol. The Morgan fingerprint density at radius 3 is 1.90 bits per heavy atom. The van der Waals surface area contributed by atoms with Crippen LogP contribution in [0.1, 0.15) is 5.56 Å². The van der Waals surface area contributed by atoms with E-state index in [9.17, 15) is 4.39 Å². The molecule has 0 heterocycles. The molecule has 0 amide bonds. The van der Waals surface area contributed by atoms with Crippen molar-refractivity contribution in [1.82, 2.24) is 0 Å². The summed E-state index contributed by atoms with van der Waals surface area (Å²) in [6.45, 7) is 0. The summed E-state index contributed by atoms with van der Waals surface area (Å²) in [6, 6.07) is 8.81. The molecule has 0 aliphatic rings. The van der Waals surface area contributed by atoms with Gasteiger partial charge in [0.1, 0.15) is 0 Å². The predicted octanol–water partition coefficient (Wildman–Crippen LogP) is 3.56. The minimum absolute atomic E-state index is 0.565. The fourth-order valence-electron chi connectivity index (χ4n) is 0.627. The summed E-state index contributed by atoms with van der Waals surface area (Å²) in [5, 5.41) is 0. The Morgan fingerprint density at radius 1 is 1.10 bits per heavy atom. The smallest absolute Gasteiger partial charge is 0.213 e. The fourth-order valence-corrected chi connectivity index (χ4v) is 1.16. The normalized spacial score (nSPS) is 11.5. The maximum Gasteiger partial charge on any atom is 0.244 e. The van der Waals surface area contributed by atoms with E-state index < -0.39 is 3.49 Å². The molecule has 0 N–H and O–H groups in total. The maximum absolute atomic E-state index is 13.0. The maximum atomic E-state index is 13.0. The van der Waals surface area contributed by atoms with E-state index in [-0.39, 0.29) is 0 Å². The van der Waals surface area contributed by atoms with Crippen LogP contribution in [0.4, 0.5) is 4.39 Å². The van der Waals surface area contributed by atoms with Gasteiger partial charge in [0.2, 0.25) is 3.49 Å². The Balaban J connectivity index is 2.97. The van der Waals surface area contributed by atoms with Crippen molar-refractivity contribution in [2.24, 2.45) is 0 Å². The van der Waals surface area contributed by atoms with Gasteiger partial charge in [-0.2, -0.15) is 0 Å². The number of alkyl halides is 3. The summed E-state index contributed by atoms with van der Waals surface area (Å²) < 4.78 is 11.4. The van der Waals surface area contributed by atoms with Gasteiger partial charge in [-0.25, -0.2) is 4.39 Å². The molecule has 1 aromatic carbocycles. The highest BCUT2D eigenvalue weighted by Crippen LogP contribution is 2.38. The lowest BCUT2D eigenvalue weighted by atomic mass is 10.2. The Morgan fingerprint density at radius 2 is 1.60 bits per heavy atom. The average molecular weight is 268 g/mol. The van der Waals surface area contributed by atoms with Crippen LogP contribution in [-0.4, -0.2) is 0 Å². The topological polar surface area (TPSA) is 0 Å². The van der Waals surface area contributed by atoms with Crippen LogP contribution in [0.2, 0.25) is 0 Å². The molecule has 0 aliphatic heterocycles. The SMILES string of the molecule is FC(Br)(Br)c1ccccc1. The standard InChI is InChI=1S/C7H5Br2F/c8-7(9,10)6-4-2-1-3-5-6/h1-5H. The van der Waals surface area contributed by atoms with Gasteiger partial charge in [-0.1, -0.05) is 30.3 Å². The number of halogens is 3. The van der Waals surface area contributed by atoms with Gasteiger partial charge in [0.05, 0.1) is 0 Å². The van der Waals surface area contributed by atoms with Crippen molar-refractivity contribution in [3.05, 3.63) is 35.9 Å². The van der Waals surface area contributed by atoms with Crippen LogP contribution in [0.25, 0.3) is 0 Å². The second-order valence-corrected chi connectivity index (χ2v) is 5.11. The van der Waals surface area contributed by atoms with E-state index >= 15 is 0 Å². The number of benzene rings is 1. The minimum Gasteiger partial charge on any atom is -0.213 e. The first-order chi connectivity index (χ1) is 4.61.